The van der Waals surface area contributed by atoms with Gasteiger partial charge in [0.15, 0.2) is 18.2 Å². The quantitative estimate of drug-likeness (QED) is 0.732. The Hall–Kier alpha value is -2.48. The number of rotatable bonds is 7. The van der Waals surface area contributed by atoms with E-state index in [0.29, 0.717) is 11.5 Å². The number of hydrogen-bond donors (Lipinski definition) is 2. The van der Waals surface area contributed by atoms with Crippen LogP contribution in [0.1, 0.15) is 6.92 Å². The first-order chi connectivity index (χ1) is 10.6. The van der Waals surface area contributed by atoms with Crippen molar-refractivity contribution in [2.45, 2.75) is 6.92 Å². The van der Waals surface area contributed by atoms with Crippen LogP contribution in [-0.4, -0.2) is 50.6 Å². The largest absolute Gasteiger partial charge is 0.493 e. The minimum atomic E-state index is -0.747. The van der Waals surface area contributed by atoms with E-state index in [0.717, 1.165) is 4.90 Å². The second-order valence-electron chi connectivity index (χ2n) is 4.06. The van der Waals surface area contributed by atoms with Crippen molar-refractivity contribution < 1.29 is 23.8 Å². The van der Waals surface area contributed by atoms with Gasteiger partial charge >= 0.3 is 12.1 Å². The number of methoxy groups -OCH3 is 1. The fourth-order valence-corrected chi connectivity index (χ4v) is 1.62. The van der Waals surface area contributed by atoms with Crippen molar-refractivity contribution >= 4 is 12.1 Å². The molecule has 0 spiro atoms. The number of para-hydroxylation sites is 2. The van der Waals surface area contributed by atoms with Crippen LogP contribution in [-0.2, 0) is 4.74 Å². The minimum absolute atomic E-state index is 0.0549. The standard InChI is InChI=1S/C14H21N3O5/c1-3-21-14(19)17(9-8-15)13(18)16-10-22-12-7-5-4-6-11(12)20-2/h4-7H,3,8-10,15H2,1-2H3,(H,16,18). The highest BCUT2D eigenvalue weighted by molar-refractivity contribution is 5.90. The Morgan fingerprint density at radius 3 is 2.55 bits per heavy atom. The second-order valence-corrected chi connectivity index (χ2v) is 4.06. The molecule has 0 aliphatic rings. The van der Waals surface area contributed by atoms with Crippen molar-refractivity contribution in [3.8, 4) is 11.5 Å². The van der Waals surface area contributed by atoms with Crippen LogP contribution in [0, 0.1) is 0 Å². The zero-order chi connectivity index (χ0) is 16.4. The summed E-state index contributed by atoms with van der Waals surface area (Å²) >= 11 is 0. The van der Waals surface area contributed by atoms with E-state index >= 15 is 0 Å². The number of benzene rings is 1. The Bertz CT molecular complexity index is 495. The van der Waals surface area contributed by atoms with Gasteiger partial charge in [-0.25, -0.2) is 14.5 Å². The number of hydrogen-bond acceptors (Lipinski definition) is 6. The number of urea groups is 1. The smallest absolute Gasteiger partial charge is 0.418 e. The van der Waals surface area contributed by atoms with E-state index in [1.165, 1.54) is 7.11 Å². The zero-order valence-corrected chi connectivity index (χ0v) is 12.7. The van der Waals surface area contributed by atoms with Crippen LogP contribution in [0.2, 0.25) is 0 Å². The lowest BCUT2D eigenvalue weighted by molar-refractivity contribution is 0.113. The SMILES string of the molecule is CCOC(=O)N(CCN)C(=O)NCOc1ccccc1OC. The average molecular weight is 311 g/mol. The van der Waals surface area contributed by atoms with Crippen molar-refractivity contribution in [3.63, 3.8) is 0 Å². The molecule has 0 unspecified atom stereocenters. The Morgan fingerprint density at radius 2 is 1.95 bits per heavy atom. The summed E-state index contributed by atoms with van der Waals surface area (Å²) in [5.41, 5.74) is 5.38. The van der Waals surface area contributed by atoms with Gasteiger partial charge in [-0.05, 0) is 19.1 Å². The molecule has 0 heterocycles. The average Bonchev–Trinajstić information content (AvgIpc) is 2.53. The lowest BCUT2D eigenvalue weighted by Gasteiger charge is -2.20. The van der Waals surface area contributed by atoms with Gasteiger partial charge in [0.25, 0.3) is 0 Å². The Kier molecular flexibility index (Phi) is 7.55. The lowest BCUT2D eigenvalue weighted by atomic mass is 10.3. The van der Waals surface area contributed by atoms with Gasteiger partial charge in [0.2, 0.25) is 0 Å². The summed E-state index contributed by atoms with van der Waals surface area (Å²) in [6, 6.07) is 6.37. The van der Waals surface area contributed by atoms with E-state index in [1.807, 2.05) is 0 Å². The highest BCUT2D eigenvalue weighted by Crippen LogP contribution is 2.25. The normalized spacial score (nSPS) is 9.77. The molecule has 0 aliphatic carbocycles. The summed E-state index contributed by atoms with van der Waals surface area (Å²) in [5, 5.41) is 2.46. The van der Waals surface area contributed by atoms with E-state index < -0.39 is 12.1 Å². The summed E-state index contributed by atoms with van der Waals surface area (Å²) in [7, 11) is 1.52. The molecule has 0 saturated heterocycles. The number of carbonyl (C=O) groups is 2. The fraction of sp³-hybridized carbons (Fsp3) is 0.429. The highest BCUT2D eigenvalue weighted by atomic mass is 16.6. The van der Waals surface area contributed by atoms with Crippen molar-refractivity contribution in [2.24, 2.45) is 5.73 Å². The molecular weight excluding hydrogens is 290 g/mol. The Labute approximate surface area is 129 Å². The molecule has 0 bridgehead atoms. The van der Waals surface area contributed by atoms with Gasteiger partial charge in [0.1, 0.15) is 0 Å². The number of nitrogens with zero attached hydrogens (tertiary/aromatic N) is 1. The van der Waals surface area contributed by atoms with Crippen molar-refractivity contribution in [2.75, 3.05) is 33.5 Å². The summed E-state index contributed by atoms with van der Waals surface area (Å²) in [6.07, 6.45) is -0.747. The zero-order valence-electron chi connectivity index (χ0n) is 12.7. The van der Waals surface area contributed by atoms with Gasteiger partial charge in [0.05, 0.1) is 13.7 Å². The number of ether oxygens (including phenoxy) is 3. The summed E-state index contributed by atoms with van der Waals surface area (Å²) in [4.78, 5) is 24.5. The molecular formula is C14H21N3O5. The van der Waals surface area contributed by atoms with Crippen LogP contribution < -0.4 is 20.5 Å². The maximum Gasteiger partial charge on any atom is 0.418 e. The molecule has 122 valence electrons. The van der Waals surface area contributed by atoms with Crippen molar-refractivity contribution in [1.82, 2.24) is 10.2 Å². The summed E-state index contributed by atoms with van der Waals surface area (Å²) in [5.74, 6) is 1.02. The molecule has 1 rings (SSSR count). The third kappa shape index (κ3) is 5.13. The van der Waals surface area contributed by atoms with E-state index in [4.69, 9.17) is 19.9 Å². The van der Waals surface area contributed by atoms with Gasteiger partial charge in [0, 0.05) is 13.1 Å². The number of amides is 3. The van der Waals surface area contributed by atoms with Crippen LogP contribution in [0.4, 0.5) is 9.59 Å². The maximum absolute atomic E-state index is 11.9. The monoisotopic (exact) mass is 311 g/mol. The van der Waals surface area contributed by atoms with Gasteiger partial charge in [-0.15, -0.1) is 0 Å². The maximum atomic E-state index is 11.9. The third-order valence-corrected chi connectivity index (χ3v) is 2.61. The van der Waals surface area contributed by atoms with Crippen LogP contribution >= 0.6 is 0 Å². The minimum Gasteiger partial charge on any atom is -0.493 e. The predicted octanol–water partition coefficient (Wildman–Crippen LogP) is 1.16. The van der Waals surface area contributed by atoms with E-state index in [2.05, 4.69) is 5.32 Å². The number of carbonyl (C=O) groups excluding carboxylic acids is 2. The van der Waals surface area contributed by atoms with Crippen LogP contribution in [0.15, 0.2) is 24.3 Å². The Morgan fingerprint density at radius 1 is 1.27 bits per heavy atom. The molecule has 0 atom stereocenters. The van der Waals surface area contributed by atoms with Gasteiger partial charge in [-0.3, -0.25) is 0 Å². The van der Waals surface area contributed by atoms with Gasteiger partial charge in [-0.1, -0.05) is 12.1 Å². The fourth-order valence-electron chi connectivity index (χ4n) is 1.62. The lowest BCUT2D eigenvalue weighted by Crippen LogP contribution is -2.47. The third-order valence-electron chi connectivity index (χ3n) is 2.61. The van der Waals surface area contributed by atoms with E-state index in [1.54, 1.807) is 31.2 Å². The number of nitrogens with one attached hydrogen (secondary N) is 1. The molecule has 0 aromatic heterocycles. The molecule has 8 heteroatoms. The molecule has 1 aromatic rings. The van der Waals surface area contributed by atoms with E-state index in [9.17, 15) is 9.59 Å². The van der Waals surface area contributed by atoms with Gasteiger partial charge < -0.3 is 25.3 Å². The second kappa shape index (κ2) is 9.46. The number of nitrogens with two attached hydrogens (primary N) is 1. The first kappa shape index (κ1) is 17.6. The first-order valence-corrected chi connectivity index (χ1v) is 6.82. The highest BCUT2D eigenvalue weighted by Gasteiger charge is 2.21. The molecule has 3 amide bonds. The molecule has 3 N–H and O–H groups in total. The topological polar surface area (TPSA) is 103 Å². The Balaban J connectivity index is 2.54. The van der Waals surface area contributed by atoms with Crippen LogP contribution in [0.25, 0.3) is 0 Å². The molecule has 0 fully saturated rings. The van der Waals surface area contributed by atoms with E-state index in [-0.39, 0.29) is 26.4 Å². The summed E-state index contributed by atoms with van der Waals surface area (Å²) < 4.78 is 15.3. The predicted molar refractivity (Wildman–Crippen MR) is 79.8 cm³/mol. The van der Waals surface area contributed by atoms with Gasteiger partial charge in [-0.2, -0.15) is 0 Å². The molecule has 0 aliphatic heterocycles. The first-order valence-electron chi connectivity index (χ1n) is 6.82. The molecule has 1 aromatic carbocycles. The van der Waals surface area contributed by atoms with Crippen LogP contribution in [0.5, 0.6) is 11.5 Å². The van der Waals surface area contributed by atoms with Crippen molar-refractivity contribution in [3.05, 3.63) is 24.3 Å². The van der Waals surface area contributed by atoms with Crippen molar-refractivity contribution in [1.29, 1.82) is 0 Å². The molecule has 22 heavy (non-hydrogen) atoms. The molecule has 0 saturated carbocycles. The summed E-state index contributed by atoms with van der Waals surface area (Å²) in [6.45, 7) is 1.89. The number of imide groups is 1. The molecule has 8 nitrogen and oxygen atoms in total. The molecule has 0 radical (unpaired) electrons. The van der Waals surface area contributed by atoms with Crippen LogP contribution in [0.3, 0.4) is 0 Å².